The molecule has 0 saturated carbocycles. The minimum atomic E-state index is -2.14. The molecule has 118 valence electrons. The van der Waals surface area contributed by atoms with Gasteiger partial charge in [-0.3, -0.25) is 0 Å². The Hall–Kier alpha value is -1.43. The van der Waals surface area contributed by atoms with Gasteiger partial charge in [0.05, 0.1) is 0 Å². The molecule has 6 heteroatoms. The predicted molar refractivity (Wildman–Crippen MR) is 71.3 cm³/mol. The fourth-order valence-corrected chi connectivity index (χ4v) is 1.99. The average Bonchev–Trinajstić information content (AvgIpc) is 2.45. The number of allylic oxidation sites excluding steroid dienone is 1. The number of rotatable bonds is 7. The monoisotopic (exact) mass is 307 g/mol. The van der Waals surface area contributed by atoms with Gasteiger partial charge in [-0.05, 0) is 32.7 Å². The van der Waals surface area contributed by atoms with Crippen LogP contribution in [0.15, 0.2) is 12.2 Å². The van der Waals surface area contributed by atoms with Gasteiger partial charge >= 0.3 is 0 Å². The van der Waals surface area contributed by atoms with Gasteiger partial charge in [0, 0.05) is 11.6 Å². The topological polar surface area (TPSA) is 12.0 Å². The van der Waals surface area contributed by atoms with Crippen LogP contribution in [0.3, 0.4) is 0 Å². The van der Waals surface area contributed by atoms with Crippen molar-refractivity contribution in [3.8, 4) is 0 Å². The smallest absolute Gasteiger partial charge is 0.200 e. The maximum Gasteiger partial charge on any atom is 0.200 e. The SMILES string of the molecule is C=C(C)CCC(NCCC)c1c(F)c(F)c(F)c(F)c1F. The maximum absolute atomic E-state index is 13.8. The molecule has 1 nitrogen and oxygen atoms in total. The van der Waals surface area contributed by atoms with E-state index < -0.39 is 40.7 Å². The predicted octanol–water partition coefficient (Wildman–Crippen LogP) is 4.78. The van der Waals surface area contributed by atoms with E-state index in [4.69, 9.17) is 0 Å². The van der Waals surface area contributed by atoms with Gasteiger partial charge in [-0.25, -0.2) is 22.0 Å². The molecule has 1 N–H and O–H groups in total. The summed E-state index contributed by atoms with van der Waals surface area (Å²) in [5, 5.41) is 2.82. The van der Waals surface area contributed by atoms with E-state index in [0.29, 0.717) is 19.4 Å². The first-order valence-corrected chi connectivity index (χ1v) is 6.70. The van der Waals surface area contributed by atoms with Crippen LogP contribution >= 0.6 is 0 Å². The Morgan fingerprint density at radius 2 is 1.48 bits per heavy atom. The van der Waals surface area contributed by atoms with Crippen LogP contribution < -0.4 is 5.32 Å². The summed E-state index contributed by atoms with van der Waals surface area (Å²) in [6.45, 7) is 7.64. The van der Waals surface area contributed by atoms with Crippen LogP contribution in [-0.2, 0) is 0 Å². The van der Waals surface area contributed by atoms with Crippen LogP contribution in [0.25, 0.3) is 0 Å². The lowest BCUT2D eigenvalue weighted by molar-refractivity contribution is 0.351. The van der Waals surface area contributed by atoms with Crippen LogP contribution in [-0.4, -0.2) is 6.54 Å². The molecule has 0 aliphatic heterocycles. The number of hydrogen-bond donors (Lipinski definition) is 1. The Morgan fingerprint density at radius 3 is 1.90 bits per heavy atom. The van der Waals surface area contributed by atoms with Crippen molar-refractivity contribution in [2.24, 2.45) is 0 Å². The highest BCUT2D eigenvalue weighted by molar-refractivity contribution is 5.27. The highest BCUT2D eigenvalue weighted by Gasteiger charge is 2.29. The minimum absolute atomic E-state index is 0.202. The van der Waals surface area contributed by atoms with E-state index in [9.17, 15) is 22.0 Å². The highest BCUT2D eigenvalue weighted by atomic mass is 19.2. The van der Waals surface area contributed by atoms with Gasteiger partial charge in [0.25, 0.3) is 0 Å². The summed E-state index contributed by atoms with van der Waals surface area (Å²) in [6, 6.07) is -0.953. The molecule has 0 heterocycles. The van der Waals surface area contributed by atoms with Gasteiger partial charge in [-0.15, -0.1) is 6.58 Å². The Morgan fingerprint density at radius 1 is 1.00 bits per heavy atom. The molecule has 0 bridgehead atoms. The average molecular weight is 307 g/mol. The van der Waals surface area contributed by atoms with E-state index in [1.54, 1.807) is 6.92 Å². The fraction of sp³-hybridized carbons (Fsp3) is 0.467. The molecule has 0 aliphatic carbocycles. The number of nitrogens with one attached hydrogen (secondary N) is 1. The minimum Gasteiger partial charge on any atom is -0.310 e. The third kappa shape index (κ3) is 4.03. The van der Waals surface area contributed by atoms with Crippen molar-refractivity contribution < 1.29 is 22.0 Å². The first kappa shape index (κ1) is 17.6. The molecular weight excluding hydrogens is 289 g/mol. The number of halogens is 5. The van der Waals surface area contributed by atoms with E-state index >= 15 is 0 Å². The second kappa shape index (κ2) is 7.54. The standard InChI is InChI=1S/C15H18F5N/c1-4-7-21-9(6-5-8(2)3)10-11(16)13(18)15(20)14(19)12(10)17/h9,21H,2,4-7H2,1,3H3. The first-order chi connectivity index (χ1) is 9.81. The van der Waals surface area contributed by atoms with Crippen LogP contribution in [0.1, 0.15) is 44.7 Å². The summed E-state index contributed by atoms with van der Waals surface area (Å²) < 4.78 is 67.3. The fourth-order valence-electron chi connectivity index (χ4n) is 1.99. The third-order valence-corrected chi connectivity index (χ3v) is 3.09. The van der Waals surface area contributed by atoms with Gasteiger partial charge in [0.2, 0.25) is 5.82 Å². The van der Waals surface area contributed by atoms with Gasteiger partial charge in [0.1, 0.15) is 0 Å². The highest BCUT2D eigenvalue weighted by Crippen LogP contribution is 2.30. The molecule has 0 saturated heterocycles. The number of hydrogen-bond acceptors (Lipinski definition) is 1. The second-order valence-electron chi connectivity index (χ2n) is 4.99. The van der Waals surface area contributed by atoms with Crippen molar-refractivity contribution in [1.82, 2.24) is 5.32 Å². The normalized spacial score (nSPS) is 12.5. The molecule has 0 radical (unpaired) electrons. The molecule has 1 atom stereocenters. The molecule has 1 rings (SSSR count). The molecule has 21 heavy (non-hydrogen) atoms. The van der Waals surface area contributed by atoms with E-state index in [2.05, 4.69) is 11.9 Å². The zero-order chi connectivity index (χ0) is 16.2. The summed E-state index contributed by atoms with van der Waals surface area (Å²) >= 11 is 0. The quantitative estimate of drug-likeness (QED) is 0.331. The van der Waals surface area contributed by atoms with E-state index in [1.807, 2.05) is 6.92 Å². The Labute approximate surface area is 120 Å². The molecular formula is C15H18F5N. The van der Waals surface area contributed by atoms with Crippen molar-refractivity contribution in [3.05, 3.63) is 46.8 Å². The Balaban J connectivity index is 3.25. The van der Waals surface area contributed by atoms with Crippen LogP contribution in [0.5, 0.6) is 0 Å². The van der Waals surface area contributed by atoms with Crippen molar-refractivity contribution >= 4 is 0 Å². The second-order valence-corrected chi connectivity index (χ2v) is 4.99. The molecule has 0 aromatic heterocycles. The lowest BCUT2D eigenvalue weighted by Crippen LogP contribution is -2.25. The zero-order valence-electron chi connectivity index (χ0n) is 12.0. The molecule has 0 aliphatic rings. The van der Waals surface area contributed by atoms with Crippen molar-refractivity contribution in [2.75, 3.05) is 6.54 Å². The van der Waals surface area contributed by atoms with Crippen molar-refractivity contribution in [2.45, 2.75) is 39.2 Å². The zero-order valence-corrected chi connectivity index (χ0v) is 12.0. The lowest BCUT2D eigenvalue weighted by Gasteiger charge is -2.21. The maximum atomic E-state index is 13.8. The molecule has 0 amide bonds. The van der Waals surface area contributed by atoms with Crippen molar-refractivity contribution in [1.29, 1.82) is 0 Å². The molecule has 1 aromatic rings. The summed E-state index contributed by atoms with van der Waals surface area (Å²) in [5.41, 5.74) is -0.0386. The van der Waals surface area contributed by atoms with Gasteiger partial charge < -0.3 is 5.32 Å². The molecule has 1 aromatic carbocycles. The summed E-state index contributed by atoms with van der Waals surface area (Å²) in [4.78, 5) is 0. The first-order valence-electron chi connectivity index (χ1n) is 6.70. The summed E-state index contributed by atoms with van der Waals surface area (Å²) in [7, 11) is 0. The lowest BCUT2D eigenvalue weighted by atomic mass is 9.98. The van der Waals surface area contributed by atoms with Crippen LogP contribution in [0.4, 0.5) is 22.0 Å². The number of benzene rings is 1. The van der Waals surface area contributed by atoms with Gasteiger partial charge in [0.15, 0.2) is 23.3 Å². The Kier molecular flexibility index (Phi) is 6.33. The summed E-state index contributed by atoms with van der Waals surface area (Å²) in [6.07, 6.45) is 1.29. The molecule has 1 unspecified atom stereocenters. The molecule has 0 spiro atoms. The van der Waals surface area contributed by atoms with Gasteiger partial charge in [-0.1, -0.05) is 12.5 Å². The van der Waals surface area contributed by atoms with E-state index in [-0.39, 0.29) is 6.42 Å². The van der Waals surface area contributed by atoms with Crippen LogP contribution in [0, 0.1) is 29.1 Å². The van der Waals surface area contributed by atoms with Gasteiger partial charge in [-0.2, -0.15) is 0 Å². The largest absolute Gasteiger partial charge is 0.310 e. The Bertz CT molecular complexity index is 498. The van der Waals surface area contributed by atoms with E-state index in [1.165, 1.54) is 0 Å². The third-order valence-electron chi connectivity index (χ3n) is 3.09. The van der Waals surface area contributed by atoms with E-state index in [0.717, 1.165) is 5.57 Å². The van der Waals surface area contributed by atoms with Crippen LogP contribution in [0.2, 0.25) is 0 Å². The molecule has 0 fully saturated rings. The van der Waals surface area contributed by atoms with Crippen molar-refractivity contribution in [3.63, 3.8) is 0 Å². The summed E-state index contributed by atoms with van der Waals surface area (Å²) in [5.74, 6) is -9.52.